The van der Waals surface area contributed by atoms with E-state index in [9.17, 15) is 9.18 Å². The zero-order valence-corrected chi connectivity index (χ0v) is 10.8. The predicted octanol–water partition coefficient (Wildman–Crippen LogP) is 2.69. The van der Waals surface area contributed by atoms with E-state index in [1.54, 1.807) is 18.2 Å². The number of aliphatic carboxylic acids is 1. The lowest BCUT2D eigenvalue weighted by Crippen LogP contribution is -2.46. The largest absolute Gasteiger partial charge is 0.481 e. The van der Waals surface area contributed by atoms with Gasteiger partial charge in [-0.2, -0.15) is 0 Å². The van der Waals surface area contributed by atoms with Crippen LogP contribution < -0.4 is 5.73 Å². The summed E-state index contributed by atoms with van der Waals surface area (Å²) in [5.41, 5.74) is 5.65. The van der Waals surface area contributed by atoms with Crippen LogP contribution in [0.25, 0.3) is 0 Å². The maximum atomic E-state index is 14.0. The molecule has 0 bridgehead atoms. The van der Waals surface area contributed by atoms with Crippen molar-refractivity contribution in [3.63, 3.8) is 0 Å². The molecule has 0 saturated heterocycles. The van der Waals surface area contributed by atoms with Gasteiger partial charge < -0.3 is 10.8 Å². The van der Waals surface area contributed by atoms with Crippen molar-refractivity contribution in [1.82, 2.24) is 0 Å². The van der Waals surface area contributed by atoms with Crippen LogP contribution in [0.15, 0.2) is 24.3 Å². The van der Waals surface area contributed by atoms with Crippen molar-refractivity contribution in [1.29, 1.82) is 0 Å². The summed E-state index contributed by atoms with van der Waals surface area (Å²) in [6.45, 7) is 3.74. The second-order valence-corrected chi connectivity index (χ2v) is 4.57. The summed E-state index contributed by atoms with van der Waals surface area (Å²) >= 11 is 0. The lowest BCUT2D eigenvalue weighted by Gasteiger charge is -2.37. The summed E-state index contributed by atoms with van der Waals surface area (Å²) in [5.74, 6) is -1.34. The molecular formula is C14H20FNO2. The molecular weight excluding hydrogens is 233 g/mol. The molecule has 1 rings (SSSR count). The van der Waals surface area contributed by atoms with Crippen molar-refractivity contribution in [2.24, 2.45) is 5.73 Å². The highest BCUT2D eigenvalue weighted by Crippen LogP contribution is 2.37. The molecule has 0 heterocycles. The summed E-state index contributed by atoms with van der Waals surface area (Å²) < 4.78 is 14.0. The number of rotatable bonds is 6. The average Bonchev–Trinajstić information content (AvgIpc) is 2.35. The molecule has 0 fully saturated rings. The van der Waals surface area contributed by atoms with Crippen LogP contribution >= 0.6 is 0 Å². The van der Waals surface area contributed by atoms with Crippen LogP contribution in [0.4, 0.5) is 4.39 Å². The summed E-state index contributed by atoms with van der Waals surface area (Å²) in [4.78, 5) is 11.1. The van der Waals surface area contributed by atoms with E-state index < -0.39 is 11.4 Å². The fraction of sp³-hybridized carbons (Fsp3) is 0.500. The van der Waals surface area contributed by atoms with Crippen LogP contribution in [0.3, 0.4) is 0 Å². The van der Waals surface area contributed by atoms with Crippen molar-refractivity contribution < 1.29 is 14.3 Å². The molecule has 0 spiro atoms. The van der Waals surface area contributed by atoms with Gasteiger partial charge >= 0.3 is 5.97 Å². The normalized spacial score (nSPS) is 16.0. The first-order chi connectivity index (χ1) is 8.47. The minimum atomic E-state index is -0.955. The van der Waals surface area contributed by atoms with Gasteiger partial charge in [0.1, 0.15) is 5.82 Å². The molecule has 0 radical (unpaired) electrons. The Hall–Kier alpha value is -1.42. The molecule has 2 unspecified atom stereocenters. The molecule has 4 heteroatoms. The van der Waals surface area contributed by atoms with E-state index in [4.69, 9.17) is 10.8 Å². The fourth-order valence-corrected chi connectivity index (χ4v) is 2.53. The van der Waals surface area contributed by atoms with E-state index >= 15 is 0 Å². The standard InChI is InChI=1S/C14H20FNO2/c1-3-12(16)14(4-2,9-13(17)18)10-7-5-6-8-11(10)15/h5-8,12H,3-4,9,16H2,1-2H3,(H,17,18). The first-order valence-electron chi connectivity index (χ1n) is 6.20. The molecule has 3 nitrogen and oxygen atoms in total. The number of carboxylic acids is 1. The maximum absolute atomic E-state index is 14.0. The van der Waals surface area contributed by atoms with E-state index in [-0.39, 0.29) is 18.3 Å². The van der Waals surface area contributed by atoms with E-state index in [0.29, 0.717) is 18.4 Å². The Balaban J connectivity index is 3.34. The third kappa shape index (κ3) is 2.70. The molecule has 1 aromatic rings. The molecule has 0 aliphatic heterocycles. The van der Waals surface area contributed by atoms with E-state index in [1.165, 1.54) is 6.07 Å². The zero-order chi connectivity index (χ0) is 13.8. The van der Waals surface area contributed by atoms with Gasteiger partial charge in [-0.25, -0.2) is 4.39 Å². The molecule has 2 atom stereocenters. The Morgan fingerprint density at radius 1 is 1.44 bits per heavy atom. The summed E-state index contributed by atoms with van der Waals surface area (Å²) in [6, 6.07) is 5.92. The summed E-state index contributed by atoms with van der Waals surface area (Å²) in [5, 5.41) is 9.10. The number of halogens is 1. The van der Waals surface area contributed by atoms with Crippen molar-refractivity contribution in [2.75, 3.05) is 0 Å². The molecule has 0 aliphatic carbocycles. The molecule has 1 aromatic carbocycles. The molecule has 0 aromatic heterocycles. The number of hydrogen-bond acceptors (Lipinski definition) is 2. The second-order valence-electron chi connectivity index (χ2n) is 4.57. The first kappa shape index (κ1) is 14.6. The van der Waals surface area contributed by atoms with Gasteiger partial charge in [0.15, 0.2) is 0 Å². The molecule has 0 amide bonds. The second kappa shape index (κ2) is 5.96. The summed E-state index contributed by atoms with van der Waals surface area (Å²) in [6.07, 6.45) is 0.949. The van der Waals surface area contributed by atoms with Gasteiger partial charge in [0.05, 0.1) is 6.42 Å². The number of carboxylic acid groups (broad SMARTS) is 1. The van der Waals surface area contributed by atoms with Gasteiger partial charge in [0.25, 0.3) is 0 Å². The Kier molecular flexibility index (Phi) is 4.84. The van der Waals surface area contributed by atoms with Gasteiger partial charge in [0.2, 0.25) is 0 Å². The highest BCUT2D eigenvalue weighted by atomic mass is 19.1. The van der Waals surface area contributed by atoms with Crippen molar-refractivity contribution in [2.45, 2.75) is 44.6 Å². The number of hydrogen-bond donors (Lipinski definition) is 2. The number of carbonyl (C=O) groups is 1. The van der Waals surface area contributed by atoms with E-state index in [1.807, 2.05) is 13.8 Å². The fourth-order valence-electron chi connectivity index (χ4n) is 2.53. The van der Waals surface area contributed by atoms with E-state index in [2.05, 4.69) is 0 Å². The molecule has 18 heavy (non-hydrogen) atoms. The Morgan fingerprint density at radius 2 is 2.06 bits per heavy atom. The zero-order valence-electron chi connectivity index (χ0n) is 10.8. The first-order valence-corrected chi connectivity index (χ1v) is 6.20. The average molecular weight is 253 g/mol. The van der Waals surface area contributed by atoms with Crippen molar-refractivity contribution >= 4 is 5.97 Å². The minimum absolute atomic E-state index is 0.153. The van der Waals surface area contributed by atoms with E-state index in [0.717, 1.165) is 0 Å². The molecule has 0 saturated carbocycles. The van der Waals surface area contributed by atoms with Crippen LogP contribution in [-0.4, -0.2) is 17.1 Å². The highest BCUT2D eigenvalue weighted by molar-refractivity contribution is 5.69. The monoisotopic (exact) mass is 253 g/mol. The van der Waals surface area contributed by atoms with Gasteiger partial charge in [-0.15, -0.1) is 0 Å². The van der Waals surface area contributed by atoms with Crippen LogP contribution in [-0.2, 0) is 10.2 Å². The number of benzene rings is 1. The maximum Gasteiger partial charge on any atom is 0.304 e. The lowest BCUT2D eigenvalue weighted by molar-refractivity contribution is -0.138. The summed E-state index contributed by atoms with van der Waals surface area (Å²) in [7, 11) is 0. The molecule has 0 aliphatic rings. The molecule has 3 N–H and O–H groups in total. The topological polar surface area (TPSA) is 63.3 Å². The Morgan fingerprint density at radius 3 is 2.50 bits per heavy atom. The lowest BCUT2D eigenvalue weighted by atomic mass is 9.69. The van der Waals surface area contributed by atoms with Crippen molar-refractivity contribution in [3.8, 4) is 0 Å². The van der Waals surface area contributed by atoms with Gasteiger partial charge in [-0.05, 0) is 24.5 Å². The van der Waals surface area contributed by atoms with Crippen LogP contribution in [0.5, 0.6) is 0 Å². The quantitative estimate of drug-likeness (QED) is 0.819. The highest BCUT2D eigenvalue weighted by Gasteiger charge is 2.39. The smallest absolute Gasteiger partial charge is 0.304 e. The Labute approximate surface area is 107 Å². The van der Waals surface area contributed by atoms with Gasteiger partial charge in [-0.1, -0.05) is 32.0 Å². The van der Waals surface area contributed by atoms with Crippen LogP contribution in [0.2, 0.25) is 0 Å². The molecule has 100 valence electrons. The van der Waals surface area contributed by atoms with Crippen molar-refractivity contribution in [3.05, 3.63) is 35.6 Å². The third-order valence-electron chi connectivity index (χ3n) is 3.66. The SMILES string of the molecule is CCC(N)C(CC)(CC(=O)O)c1ccccc1F. The third-order valence-corrected chi connectivity index (χ3v) is 3.66. The van der Waals surface area contributed by atoms with Crippen LogP contribution in [0.1, 0.15) is 38.7 Å². The minimum Gasteiger partial charge on any atom is -0.481 e. The van der Waals surface area contributed by atoms with Gasteiger partial charge in [0, 0.05) is 11.5 Å². The predicted molar refractivity (Wildman–Crippen MR) is 68.9 cm³/mol. The number of nitrogens with two attached hydrogens (primary N) is 1. The van der Waals surface area contributed by atoms with Gasteiger partial charge in [-0.3, -0.25) is 4.79 Å². The van der Waals surface area contributed by atoms with Crippen LogP contribution in [0, 0.1) is 5.82 Å². The Bertz CT molecular complexity index is 422.